The molecule has 0 bridgehead atoms. The minimum atomic E-state index is 0.230. The Balaban J connectivity index is 3.74. The number of rotatable bonds is 4. The van der Waals surface area contributed by atoms with E-state index in [2.05, 4.69) is 39.6 Å². The van der Waals surface area contributed by atoms with E-state index in [1.807, 2.05) is 6.08 Å². The molecule has 0 aliphatic rings. The maximum absolute atomic E-state index is 3.66. The molecule has 0 aliphatic carbocycles. The van der Waals surface area contributed by atoms with E-state index in [0.717, 1.165) is 6.54 Å². The zero-order valence-electron chi connectivity index (χ0n) is 7.57. The summed E-state index contributed by atoms with van der Waals surface area (Å²) in [4.78, 5) is 0. The van der Waals surface area contributed by atoms with Gasteiger partial charge in [0.1, 0.15) is 0 Å². The molecule has 1 N–H and O–H groups in total. The molecule has 0 fully saturated rings. The molecule has 0 atom stereocenters. The zero-order chi connectivity index (χ0) is 8.20. The summed E-state index contributed by atoms with van der Waals surface area (Å²) in [5.74, 6) is 0.660. The van der Waals surface area contributed by atoms with E-state index in [0.29, 0.717) is 5.92 Å². The van der Waals surface area contributed by atoms with E-state index in [1.54, 1.807) is 0 Å². The van der Waals surface area contributed by atoms with Gasteiger partial charge in [-0.25, -0.2) is 0 Å². The zero-order valence-corrected chi connectivity index (χ0v) is 7.57. The molecule has 0 saturated heterocycles. The molecule has 0 aromatic rings. The van der Waals surface area contributed by atoms with Crippen molar-refractivity contribution in [1.29, 1.82) is 0 Å². The minimum Gasteiger partial charge on any atom is -0.308 e. The van der Waals surface area contributed by atoms with Gasteiger partial charge >= 0.3 is 0 Å². The first-order valence-electron chi connectivity index (χ1n) is 3.86. The average molecular weight is 141 g/mol. The van der Waals surface area contributed by atoms with Crippen LogP contribution in [0.3, 0.4) is 0 Å². The van der Waals surface area contributed by atoms with Crippen molar-refractivity contribution in [3.8, 4) is 0 Å². The lowest BCUT2D eigenvalue weighted by Gasteiger charge is -2.30. The summed E-state index contributed by atoms with van der Waals surface area (Å²) < 4.78 is 0. The van der Waals surface area contributed by atoms with Crippen LogP contribution < -0.4 is 5.32 Å². The topological polar surface area (TPSA) is 12.0 Å². The molecule has 0 rings (SSSR count). The van der Waals surface area contributed by atoms with Gasteiger partial charge in [0.25, 0.3) is 0 Å². The van der Waals surface area contributed by atoms with Gasteiger partial charge in [0.15, 0.2) is 0 Å². The standard InChI is InChI=1S/C9H19N/c1-6-7-10-9(4,5)8(2)3/h6,8,10H,1,7H2,2-5H3. The van der Waals surface area contributed by atoms with Gasteiger partial charge in [-0.05, 0) is 19.8 Å². The van der Waals surface area contributed by atoms with Crippen molar-refractivity contribution in [2.75, 3.05) is 6.54 Å². The second-order valence-corrected chi connectivity index (χ2v) is 3.55. The Labute approximate surface area is 64.5 Å². The number of nitrogens with one attached hydrogen (secondary N) is 1. The first-order valence-corrected chi connectivity index (χ1v) is 3.86. The van der Waals surface area contributed by atoms with Crippen LogP contribution in [-0.2, 0) is 0 Å². The molecule has 0 aromatic heterocycles. The van der Waals surface area contributed by atoms with Gasteiger partial charge in [0, 0.05) is 12.1 Å². The number of hydrogen-bond acceptors (Lipinski definition) is 1. The summed E-state index contributed by atoms with van der Waals surface area (Å²) in [6, 6.07) is 0. The Hall–Kier alpha value is -0.300. The van der Waals surface area contributed by atoms with Crippen molar-refractivity contribution in [2.24, 2.45) is 5.92 Å². The van der Waals surface area contributed by atoms with Crippen molar-refractivity contribution in [3.05, 3.63) is 12.7 Å². The quantitative estimate of drug-likeness (QED) is 0.592. The van der Waals surface area contributed by atoms with Crippen LogP contribution in [0.2, 0.25) is 0 Å². The van der Waals surface area contributed by atoms with Crippen LogP contribution in [0, 0.1) is 5.92 Å². The average Bonchev–Trinajstić information content (AvgIpc) is 1.84. The molecular weight excluding hydrogens is 122 g/mol. The molecule has 0 radical (unpaired) electrons. The molecule has 60 valence electrons. The minimum absolute atomic E-state index is 0.230. The maximum Gasteiger partial charge on any atom is 0.0151 e. The van der Waals surface area contributed by atoms with Crippen LogP contribution in [-0.4, -0.2) is 12.1 Å². The van der Waals surface area contributed by atoms with Gasteiger partial charge in [0.2, 0.25) is 0 Å². The van der Waals surface area contributed by atoms with E-state index < -0.39 is 0 Å². The second kappa shape index (κ2) is 3.77. The summed E-state index contributed by atoms with van der Waals surface area (Å²) in [7, 11) is 0. The van der Waals surface area contributed by atoms with E-state index in [-0.39, 0.29) is 5.54 Å². The van der Waals surface area contributed by atoms with Crippen LogP contribution in [0.5, 0.6) is 0 Å². The van der Waals surface area contributed by atoms with Crippen LogP contribution in [0.1, 0.15) is 27.7 Å². The van der Waals surface area contributed by atoms with Crippen LogP contribution in [0.15, 0.2) is 12.7 Å². The molecule has 1 heteroatoms. The molecular formula is C9H19N. The molecule has 0 saturated carbocycles. The van der Waals surface area contributed by atoms with E-state index in [1.165, 1.54) is 0 Å². The fourth-order valence-electron chi connectivity index (χ4n) is 0.539. The Morgan fingerprint density at radius 3 is 2.30 bits per heavy atom. The van der Waals surface area contributed by atoms with E-state index in [4.69, 9.17) is 0 Å². The molecule has 0 amide bonds. The van der Waals surface area contributed by atoms with Crippen molar-refractivity contribution in [1.82, 2.24) is 5.32 Å². The molecule has 0 spiro atoms. The van der Waals surface area contributed by atoms with Gasteiger partial charge in [-0.15, -0.1) is 6.58 Å². The lowest BCUT2D eigenvalue weighted by molar-refractivity contribution is 0.299. The molecule has 0 aromatic carbocycles. The monoisotopic (exact) mass is 141 g/mol. The van der Waals surface area contributed by atoms with Crippen molar-refractivity contribution >= 4 is 0 Å². The van der Waals surface area contributed by atoms with Gasteiger partial charge in [-0.1, -0.05) is 19.9 Å². The smallest absolute Gasteiger partial charge is 0.0151 e. The highest BCUT2D eigenvalue weighted by Crippen LogP contribution is 2.14. The third kappa shape index (κ3) is 3.02. The van der Waals surface area contributed by atoms with Crippen molar-refractivity contribution < 1.29 is 0 Å². The Morgan fingerprint density at radius 1 is 1.50 bits per heavy atom. The van der Waals surface area contributed by atoms with Gasteiger partial charge in [-0.3, -0.25) is 0 Å². The van der Waals surface area contributed by atoms with Gasteiger partial charge in [0.05, 0.1) is 0 Å². The largest absolute Gasteiger partial charge is 0.308 e. The maximum atomic E-state index is 3.66. The highest BCUT2D eigenvalue weighted by molar-refractivity contribution is 4.84. The second-order valence-electron chi connectivity index (χ2n) is 3.55. The predicted octanol–water partition coefficient (Wildman–Crippen LogP) is 2.20. The first kappa shape index (κ1) is 9.70. The normalized spacial score (nSPS) is 12.1. The van der Waals surface area contributed by atoms with E-state index in [9.17, 15) is 0 Å². The van der Waals surface area contributed by atoms with Crippen molar-refractivity contribution in [2.45, 2.75) is 33.2 Å². The predicted molar refractivity (Wildman–Crippen MR) is 47.1 cm³/mol. The Kier molecular flexibility index (Phi) is 3.66. The Bertz CT molecular complexity index is 103. The summed E-state index contributed by atoms with van der Waals surface area (Å²) in [5.41, 5.74) is 0.230. The molecule has 0 heterocycles. The number of hydrogen-bond donors (Lipinski definition) is 1. The third-order valence-electron chi connectivity index (χ3n) is 2.15. The Morgan fingerprint density at radius 2 is 2.00 bits per heavy atom. The van der Waals surface area contributed by atoms with Gasteiger partial charge in [-0.2, -0.15) is 0 Å². The fourth-order valence-corrected chi connectivity index (χ4v) is 0.539. The summed E-state index contributed by atoms with van der Waals surface area (Å²) in [6.07, 6.45) is 1.89. The SMILES string of the molecule is C=CCNC(C)(C)C(C)C. The fraction of sp³-hybridized carbons (Fsp3) is 0.778. The lowest BCUT2D eigenvalue weighted by atomic mass is 9.91. The molecule has 1 nitrogen and oxygen atoms in total. The molecule has 0 unspecified atom stereocenters. The van der Waals surface area contributed by atoms with E-state index >= 15 is 0 Å². The van der Waals surface area contributed by atoms with Crippen LogP contribution in [0.25, 0.3) is 0 Å². The highest BCUT2D eigenvalue weighted by Gasteiger charge is 2.19. The van der Waals surface area contributed by atoms with Crippen molar-refractivity contribution in [3.63, 3.8) is 0 Å². The van der Waals surface area contributed by atoms with Crippen LogP contribution >= 0.6 is 0 Å². The molecule has 10 heavy (non-hydrogen) atoms. The summed E-state index contributed by atoms with van der Waals surface area (Å²) in [6.45, 7) is 13.4. The first-order chi connectivity index (χ1) is 4.50. The van der Waals surface area contributed by atoms with Gasteiger partial charge < -0.3 is 5.32 Å². The summed E-state index contributed by atoms with van der Waals surface area (Å²) in [5, 5.41) is 3.39. The van der Waals surface area contributed by atoms with Crippen LogP contribution in [0.4, 0.5) is 0 Å². The third-order valence-corrected chi connectivity index (χ3v) is 2.15. The lowest BCUT2D eigenvalue weighted by Crippen LogP contribution is -2.43. The summed E-state index contributed by atoms with van der Waals surface area (Å²) >= 11 is 0. The highest BCUT2D eigenvalue weighted by atomic mass is 14.9. The molecule has 0 aliphatic heterocycles.